The highest BCUT2D eigenvalue weighted by Gasteiger charge is 1.97. The molecule has 0 aromatic heterocycles. The van der Waals surface area contributed by atoms with Crippen molar-refractivity contribution in [3.05, 3.63) is 24.5 Å². The topological polar surface area (TPSA) is 29.5 Å². The fourth-order valence-electron chi connectivity index (χ4n) is 1.05. The van der Waals surface area contributed by atoms with Crippen LogP contribution in [0.4, 0.5) is 0 Å². The number of allylic oxidation sites excluding steroid dienone is 3. The minimum absolute atomic E-state index is 0.633. The van der Waals surface area contributed by atoms with E-state index in [1.807, 2.05) is 19.9 Å². The summed E-state index contributed by atoms with van der Waals surface area (Å²) < 4.78 is 5.05. The van der Waals surface area contributed by atoms with Crippen molar-refractivity contribution in [1.82, 2.24) is 0 Å². The van der Waals surface area contributed by atoms with Crippen LogP contribution in [0.15, 0.2) is 24.5 Å². The Bertz CT molecular complexity index is 162. The molecular formula is C12H22O2. The molecule has 0 amide bonds. The predicted molar refractivity (Wildman–Crippen MR) is 59.8 cm³/mol. The fraction of sp³-hybridized carbons (Fsp3) is 0.667. The zero-order chi connectivity index (χ0) is 10.6. The van der Waals surface area contributed by atoms with E-state index < -0.39 is 6.29 Å². The maximum Gasteiger partial charge on any atom is 0.196 e. The quantitative estimate of drug-likeness (QED) is 0.280. The number of aliphatic hydroxyl groups is 1. The van der Waals surface area contributed by atoms with Crippen molar-refractivity contribution >= 4 is 0 Å². The van der Waals surface area contributed by atoms with Gasteiger partial charge in [0.2, 0.25) is 0 Å². The highest BCUT2D eigenvalue weighted by molar-refractivity contribution is 4.80. The van der Waals surface area contributed by atoms with E-state index in [2.05, 4.69) is 12.2 Å². The molecule has 0 rings (SSSR count). The summed E-state index contributed by atoms with van der Waals surface area (Å²) in [5.41, 5.74) is 0. The van der Waals surface area contributed by atoms with Gasteiger partial charge in [-0.1, -0.05) is 25.5 Å². The molecule has 0 radical (unpaired) electrons. The van der Waals surface area contributed by atoms with Crippen molar-refractivity contribution in [3.8, 4) is 0 Å². The van der Waals surface area contributed by atoms with Gasteiger partial charge in [-0.15, -0.1) is 0 Å². The molecule has 82 valence electrons. The average molecular weight is 198 g/mol. The van der Waals surface area contributed by atoms with Gasteiger partial charge in [0.1, 0.15) is 0 Å². The van der Waals surface area contributed by atoms with Crippen molar-refractivity contribution in [2.45, 2.75) is 52.2 Å². The Morgan fingerprint density at radius 3 is 2.64 bits per heavy atom. The van der Waals surface area contributed by atoms with Gasteiger partial charge in [0.25, 0.3) is 0 Å². The van der Waals surface area contributed by atoms with Gasteiger partial charge in [-0.3, -0.25) is 0 Å². The molecule has 2 heteroatoms. The average Bonchev–Trinajstić information content (AvgIpc) is 2.17. The first-order valence-electron chi connectivity index (χ1n) is 5.41. The van der Waals surface area contributed by atoms with Crippen LogP contribution in [0.5, 0.6) is 0 Å². The molecule has 1 unspecified atom stereocenters. The second kappa shape index (κ2) is 10.3. The number of aliphatic hydroxyl groups excluding tert-OH is 1. The minimum Gasteiger partial charge on any atom is -0.473 e. The summed E-state index contributed by atoms with van der Waals surface area (Å²) >= 11 is 0. The minimum atomic E-state index is -0.633. The van der Waals surface area contributed by atoms with Crippen LogP contribution in [0.2, 0.25) is 0 Å². The molecule has 0 heterocycles. The lowest BCUT2D eigenvalue weighted by atomic mass is 10.2. The Kier molecular flexibility index (Phi) is 9.76. The van der Waals surface area contributed by atoms with Crippen molar-refractivity contribution in [2.75, 3.05) is 0 Å². The Labute approximate surface area is 87.3 Å². The van der Waals surface area contributed by atoms with E-state index in [1.54, 1.807) is 6.26 Å². The van der Waals surface area contributed by atoms with Gasteiger partial charge in [-0.05, 0) is 32.3 Å². The second-order valence-corrected chi connectivity index (χ2v) is 3.25. The van der Waals surface area contributed by atoms with Crippen LogP contribution in [0.25, 0.3) is 0 Å². The van der Waals surface area contributed by atoms with Crippen LogP contribution in [-0.4, -0.2) is 11.4 Å². The Balaban J connectivity index is 3.26. The zero-order valence-corrected chi connectivity index (χ0v) is 9.28. The molecule has 0 aliphatic heterocycles. The van der Waals surface area contributed by atoms with Crippen LogP contribution >= 0.6 is 0 Å². The molecule has 0 aliphatic rings. The van der Waals surface area contributed by atoms with E-state index >= 15 is 0 Å². The van der Waals surface area contributed by atoms with Gasteiger partial charge < -0.3 is 9.84 Å². The largest absolute Gasteiger partial charge is 0.473 e. The maximum absolute atomic E-state index is 9.21. The van der Waals surface area contributed by atoms with Gasteiger partial charge in [-0.2, -0.15) is 0 Å². The van der Waals surface area contributed by atoms with Crippen LogP contribution in [0, 0.1) is 0 Å². The van der Waals surface area contributed by atoms with Crippen molar-refractivity contribution in [1.29, 1.82) is 0 Å². The third kappa shape index (κ3) is 9.33. The zero-order valence-electron chi connectivity index (χ0n) is 9.28. The summed E-state index contributed by atoms with van der Waals surface area (Å²) in [4.78, 5) is 0. The van der Waals surface area contributed by atoms with Crippen LogP contribution in [-0.2, 0) is 4.74 Å². The summed E-state index contributed by atoms with van der Waals surface area (Å²) in [5, 5.41) is 9.21. The normalized spacial score (nSPS) is 13.9. The fourth-order valence-corrected chi connectivity index (χ4v) is 1.05. The third-order valence-corrected chi connectivity index (χ3v) is 1.84. The first-order chi connectivity index (χ1) is 6.81. The summed E-state index contributed by atoms with van der Waals surface area (Å²) in [6.45, 7) is 4.05. The lowest BCUT2D eigenvalue weighted by Crippen LogP contribution is -2.06. The van der Waals surface area contributed by atoms with Gasteiger partial charge in [0, 0.05) is 6.42 Å². The number of ether oxygens (including phenoxy) is 1. The number of hydrogen-bond donors (Lipinski definition) is 1. The van der Waals surface area contributed by atoms with Gasteiger partial charge in [-0.25, -0.2) is 0 Å². The number of hydrogen-bond acceptors (Lipinski definition) is 2. The van der Waals surface area contributed by atoms with E-state index in [4.69, 9.17) is 4.74 Å². The van der Waals surface area contributed by atoms with Gasteiger partial charge >= 0.3 is 0 Å². The Morgan fingerprint density at radius 1 is 1.29 bits per heavy atom. The molecule has 14 heavy (non-hydrogen) atoms. The molecule has 0 aromatic rings. The monoisotopic (exact) mass is 198 g/mol. The van der Waals surface area contributed by atoms with Crippen LogP contribution in [0.3, 0.4) is 0 Å². The molecule has 0 saturated heterocycles. The van der Waals surface area contributed by atoms with Crippen molar-refractivity contribution in [2.24, 2.45) is 0 Å². The lowest BCUT2D eigenvalue weighted by molar-refractivity contribution is -0.0564. The second-order valence-electron chi connectivity index (χ2n) is 3.25. The molecule has 0 spiro atoms. The maximum atomic E-state index is 9.21. The molecular weight excluding hydrogens is 176 g/mol. The molecule has 0 fully saturated rings. The number of unbranched alkanes of at least 4 members (excludes halogenated alkanes) is 2. The van der Waals surface area contributed by atoms with E-state index in [0.29, 0.717) is 6.42 Å². The molecule has 1 atom stereocenters. The van der Waals surface area contributed by atoms with E-state index in [-0.39, 0.29) is 0 Å². The van der Waals surface area contributed by atoms with E-state index in [9.17, 15) is 5.11 Å². The van der Waals surface area contributed by atoms with Gasteiger partial charge in [0.05, 0.1) is 6.26 Å². The highest BCUT2D eigenvalue weighted by Crippen LogP contribution is 2.01. The number of rotatable bonds is 8. The van der Waals surface area contributed by atoms with Crippen LogP contribution < -0.4 is 0 Å². The Hall–Kier alpha value is -0.760. The molecule has 1 N–H and O–H groups in total. The summed E-state index contributed by atoms with van der Waals surface area (Å²) in [7, 11) is 0. The molecule has 0 saturated carbocycles. The molecule has 2 nitrogen and oxygen atoms in total. The Morgan fingerprint density at radius 2 is 2.00 bits per heavy atom. The lowest BCUT2D eigenvalue weighted by Gasteiger charge is -2.07. The summed E-state index contributed by atoms with van der Waals surface area (Å²) in [6.07, 6.45) is 12.0. The smallest absolute Gasteiger partial charge is 0.196 e. The molecule has 0 aromatic carbocycles. The summed E-state index contributed by atoms with van der Waals surface area (Å²) in [6, 6.07) is 0. The third-order valence-electron chi connectivity index (χ3n) is 1.84. The van der Waals surface area contributed by atoms with E-state index in [0.717, 1.165) is 25.7 Å². The molecule has 0 aliphatic carbocycles. The van der Waals surface area contributed by atoms with E-state index in [1.165, 1.54) is 0 Å². The first-order valence-corrected chi connectivity index (χ1v) is 5.41. The van der Waals surface area contributed by atoms with Crippen molar-refractivity contribution < 1.29 is 9.84 Å². The highest BCUT2D eigenvalue weighted by atomic mass is 16.6. The predicted octanol–water partition coefficient (Wildman–Crippen LogP) is 3.38. The molecule has 0 bridgehead atoms. The van der Waals surface area contributed by atoms with Crippen LogP contribution in [0.1, 0.15) is 46.0 Å². The van der Waals surface area contributed by atoms with Gasteiger partial charge in [0.15, 0.2) is 6.29 Å². The first kappa shape index (κ1) is 13.2. The standard InChI is InChI=1S/C12H22O2/c1-3-5-6-7-8-9-11-14-12(13)10-4-2/h3,5,9,11-13H,4,6-8,10H2,1-2H3. The summed E-state index contributed by atoms with van der Waals surface area (Å²) in [5.74, 6) is 0. The van der Waals surface area contributed by atoms with Crippen molar-refractivity contribution in [3.63, 3.8) is 0 Å². The SMILES string of the molecule is CC=CCCCC=COC(O)CCC.